The Labute approximate surface area is 178 Å². The zero-order valence-electron chi connectivity index (χ0n) is 18.4. The lowest BCUT2D eigenvalue weighted by molar-refractivity contribution is -0.156. The summed E-state index contributed by atoms with van der Waals surface area (Å²) >= 11 is 0. The second kappa shape index (κ2) is 10.1. The molecule has 0 aromatic heterocycles. The van der Waals surface area contributed by atoms with Gasteiger partial charge in [-0.2, -0.15) is 0 Å². The molecule has 0 saturated heterocycles. The van der Waals surface area contributed by atoms with E-state index in [1.54, 1.807) is 12.1 Å². The number of ether oxygens (including phenoxy) is 1. The highest BCUT2D eigenvalue weighted by atomic mass is 16.5. The number of amides is 2. The monoisotopic (exact) mass is 410 g/mol. The molecule has 6 heteroatoms. The Morgan fingerprint density at radius 2 is 1.57 bits per heavy atom. The van der Waals surface area contributed by atoms with Gasteiger partial charge in [0.25, 0.3) is 11.8 Å². The normalized spacial score (nSPS) is 12.8. The summed E-state index contributed by atoms with van der Waals surface area (Å²) < 4.78 is 5.38. The molecule has 0 aliphatic heterocycles. The third kappa shape index (κ3) is 5.92. The van der Waals surface area contributed by atoms with Crippen LogP contribution < -0.4 is 10.6 Å². The maximum absolute atomic E-state index is 12.7. The third-order valence-electron chi connectivity index (χ3n) is 4.91. The first-order valence-corrected chi connectivity index (χ1v) is 10.0. The van der Waals surface area contributed by atoms with Crippen molar-refractivity contribution in [2.75, 3.05) is 5.32 Å². The van der Waals surface area contributed by atoms with E-state index in [1.165, 1.54) is 6.92 Å². The van der Waals surface area contributed by atoms with E-state index < -0.39 is 24.0 Å². The van der Waals surface area contributed by atoms with E-state index in [-0.39, 0.29) is 11.8 Å². The second-order valence-electron chi connectivity index (χ2n) is 7.90. The summed E-state index contributed by atoms with van der Waals surface area (Å²) in [7, 11) is 0. The van der Waals surface area contributed by atoms with Crippen LogP contribution in [-0.4, -0.2) is 29.9 Å². The Kier molecular flexibility index (Phi) is 7.75. The average Bonchev–Trinajstić information content (AvgIpc) is 2.68. The minimum Gasteiger partial charge on any atom is -0.451 e. The van der Waals surface area contributed by atoms with Crippen LogP contribution in [0.15, 0.2) is 42.5 Å². The summed E-state index contributed by atoms with van der Waals surface area (Å²) in [5, 5.41) is 5.53. The number of nitrogens with one attached hydrogen (secondary N) is 2. The lowest BCUT2D eigenvalue weighted by atomic mass is 10.0. The van der Waals surface area contributed by atoms with Crippen molar-refractivity contribution in [3.05, 3.63) is 64.7 Å². The lowest BCUT2D eigenvalue weighted by Gasteiger charge is -2.23. The number of carbonyl (C=O) groups excluding carboxylic acids is 3. The fraction of sp³-hybridized carbons (Fsp3) is 0.375. The van der Waals surface area contributed by atoms with E-state index in [1.807, 2.05) is 65.0 Å². The summed E-state index contributed by atoms with van der Waals surface area (Å²) in [5.74, 6) is -1.63. The van der Waals surface area contributed by atoms with Crippen LogP contribution in [0.1, 0.15) is 47.8 Å². The first-order valence-electron chi connectivity index (χ1n) is 10.0. The predicted molar refractivity (Wildman–Crippen MR) is 117 cm³/mol. The van der Waals surface area contributed by atoms with E-state index >= 15 is 0 Å². The largest absolute Gasteiger partial charge is 0.451 e. The molecule has 2 aromatic rings. The van der Waals surface area contributed by atoms with Gasteiger partial charge in [-0.1, -0.05) is 44.2 Å². The number of aryl methyl sites for hydroxylation is 3. The van der Waals surface area contributed by atoms with E-state index in [2.05, 4.69) is 10.6 Å². The van der Waals surface area contributed by atoms with Crippen molar-refractivity contribution in [2.45, 2.75) is 53.7 Å². The van der Waals surface area contributed by atoms with Crippen molar-refractivity contribution < 1.29 is 19.1 Å². The zero-order chi connectivity index (χ0) is 22.4. The van der Waals surface area contributed by atoms with Crippen LogP contribution in [0.4, 0.5) is 5.69 Å². The van der Waals surface area contributed by atoms with Gasteiger partial charge in [0.2, 0.25) is 0 Å². The molecule has 0 aliphatic rings. The van der Waals surface area contributed by atoms with Crippen LogP contribution in [0.2, 0.25) is 0 Å². The number of carbonyl (C=O) groups is 3. The summed E-state index contributed by atoms with van der Waals surface area (Å²) in [5.41, 5.74) is 3.91. The highest BCUT2D eigenvalue weighted by Gasteiger charge is 2.29. The first-order chi connectivity index (χ1) is 14.1. The third-order valence-corrected chi connectivity index (χ3v) is 4.91. The van der Waals surface area contributed by atoms with Crippen molar-refractivity contribution in [1.82, 2.24) is 5.32 Å². The zero-order valence-corrected chi connectivity index (χ0v) is 18.4. The van der Waals surface area contributed by atoms with Gasteiger partial charge in [-0.3, -0.25) is 9.59 Å². The molecular formula is C24H30N2O4. The van der Waals surface area contributed by atoms with Crippen molar-refractivity contribution in [3.63, 3.8) is 0 Å². The second-order valence-corrected chi connectivity index (χ2v) is 7.90. The van der Waals surface area contributed by atoms with Crippen molar-refractivity contribution in [1.29, 1.82) is 0 Å². The molecule has 0 saturated carbocycles. The van der Waals surface area contributed by atoms with Gasteiger partial charge in [-0.15, -0.1) is 0 Å². The molecule has 160 valence electrons. The predicted octanol–water partition coefficient (Wildman–Crippen LogP) is 3.94. The molecule has 0 unspecified atom stereocenters. The fourth-order valence-corrected chi connectivity index (χ4v) is 2.95. The standard InChI is InChI=1S/C24H30N2O4/c1-14(2)21(26-23(28)19-10-8-7-9-16(19)4)24(29)30-18(6)22(27)25-20-13-15(3)11-12-17(20)5/h7-14,18,21H,1-6H3,(H,25,27)(H,26,28)/t18-,21-/m0/s1. The Morgan fingerprint density at radius 3 is 2.20 bits per heavy atom. The molecule has 2 rings (SSSR count). The molecule has 0 fully saturated rings. The molecule has 0 spiro atoms. The topological polar surface area (TPSA) is 84.5 Å². The maximum atomic E-state index is 12.7. The molecule has 0 bridgehead atoms. The van der Waals surface area contributed by atoms with E-state index in [0.717, 1.165) is 16.7 Å². The highest BCUT2D eigenvalue weighted by Crippen LogP contribution is 2.17. The molecule has 0 heterocycles. The molecule has 2 amide bonds. The van der Waals surface area contributed by atoms with Gasteiger partial charge >= 0.3 is 5.97 Å². The Balaban J connectivity index is 2.05. The summed E-state index contributed by atoms with van der Waals surface area (Å²) in [6.45, 7) is 10.8. The summed E-state index contributed by atoms with van der Waals surface area (Å²) in [6, 6.07) is 12.0. The van der Waals surface area contributed by atoms with Gasteiger partial charge in [0.05, 0.1) is 0 Å². The molecular weight excluding hydrogens is 380 g/mol. The molecule has 2 N–H and O–H groups in total. The quantitative estimate of drug-likeness (QED) is 0.677. The average molecular weight is 411 g/mol. The summed E-state index contributed by atoms with van der Waals surface area (Å²) in [6.07, 6.45) is -1.01. The van der Waals surface area contributed by atoms with Gasteiger partial charge in [-0.05, 0) is 62.4 Å². The van der Waals surface area contributed by atoms with E-state index in [0.29, 0.717) is 11.3 Å². The smallest absolute Gasteiger partial charge is 0.329 e. The van der Waals surface area contributed by atoms with Crippen LogP contribution in [0.25, 0.3) is 0 Å². The molecule has 0 radical (unpaired) electrons. The summed E-state index contributed by atoms with van der Waals surface area (Å²) in [4.78, 5) is 37.8. The molecule has 2 aromatic carbocycles. The van der Waals surface area contributed by atoms with Gasteiger partial charge in [-0.25, -0.2) is 4.79 Å². The first kappa shape index (κ1) is 23.1. The van der Waals surface area contributed by atoms with Gasteiger partial charge in [0.1, 0.15) is 6.04 Å². The Hall–Kier alpha value is -3.15. The van der Waals surface area contributed by atoms with E-state index in [4.69, 9.17) is 4.74 Å². The number of esters is 1. The van der Waals surface area contributed by atoms with Gasteiger partial charge < -0.3 is 15.4 Å². The number of rotatable bonds is 7. The van der Waals surface area contributed by atoms with Crippen LogP contribution in [0.5, 0.6) is 0 Å². The maximum Gasteiger partial charge on any atom is 0.329 e. The highest BCUT2D eigenvalue weighted by molar-refractivity contribution is 5.99. The van der Waals surface area contributed by atoms with E-state index in [9.17, 15) is 14.4 Å². The lowest BCUT2D eigenvalue weighted by Crippen LogP contribution is -2.47. The molecule has 6 nitrogen and oxygen atoms in total. The van der Waals surface area contributed by atoms with Crippen molar-refractivity contribution >= 4 is 23.5 Å². The minimum atomic E-state index is -1.01. The minimum absolute atomic E-state index is 0.209. The number of anilines is 1. The number of hydrogen-bond acceptors (Lipinski definition) is 4. The van der Waals surface area contributed by atoms with Crippen LogP contribution in [0.3, 0.4) is 0 Å². The molecule has 0 aliphatic carbocycles. The molecule has 30 heavy (non-hydrogen) atoms. The fourth-order valence-electron chi connectivity index (χ4n) is 2.95. The van der Waals surface area contributed by atoms with Gasteiger partial charge in [0.15, 0.2) is 6.10 Å². The van der Waals surface area contributed by atoms with Crippen molar-refractivity contribution in [3.8, 4) is 0 Å². The molecule has 2 atom stereocenters. The Morgan fingerprint density at radius 1 is 0.900 bits per heavy atom. The van der Waals surface area contributed by atoms with Crippen molar-refractivity contribution in [2.24, 2.45) is 5.92 Å². The van der Waals surface area contributed by atoms with Crippen LogP contribution >= 0.6 is 0 Å². The number of benzene rings is 2. The van der Waals surface area contributed by atoms with Gasteiger partial charge in [0, 0.05) is 11.3 Å². The number of hydrogen-bond donors (Lipinski definition) is 2. The van der Waals surface area contributed by atoms with Crippen LogP contribution in [0, 0.1) is 26.7 Å². The Bertz CT molecular complexity index is 937. The SMILES string of the molecule is Cc1ccc(C)c(NC(=O)[C@H](C)OC(=O)[C@@H](NC(=O)c2ccccc2C)C(C)C)c1. The van der Waals surface area contributed by atoms with Crippen LogP contribution in [-0.2, 0) is 14.3 Å².